The van der Waals surface area contributed by atoms with Crippen molar-refractivity contribution in [3.05, 3.63) is 177 Å². The standard InChI is InChI=1S/C45H24Br2/c46-26-17-15-25(16-18-26)28-21-22-34-37-24-41-44(36-12-6-11-33(43(36)37)32-10-5-9-31(28)42(32)34)35-20-19-27(47)23-40(35)45(41)38-13-3-1-7-29(38)30-8-2-4-14-39(30)45/h1-24H. The van der Waals surface area contributed by atoms with Crippen molar-refractivity contribution in [3.8, 4) is 33.4 Å². The molecule has 0 saturated carbocycles. The van der Waals surface area contributed by atoms with Gasteiger partial charge in [0.25, 0.3) is 0 Å². The van der Waals surface area contributed by atoms with Crippen molar-refractivity contribution < 1.29 is 0 Å². The van der Waals surface area contributed by atoms with Crippen LogP contribution in [0.5, 0.6) is 0 Å². The topological polar surface area (TPSA) is 0 Å². The van der Waals surface area contributed by atoms with Crippen LogP contribution in [0.25, 0.3) is 76.5 Å². The molecular weight excluding hydrogens is 700 g/mol. The van der Waals surface area contributed by atoms with Crippen LogP contribution in [0.2, 0.25) is 0 Å². The van der Waals surface area contributed by atoms with Gasteiger partial charge in [0.05, 0.1) is 5.41 Å². The Balaban J connectivity index is 1.36. The zero-order valence-corrected chi connectivity index (χ0v) is 28.3. The average Bonchev–Trinajstić information content (AvgIpc) is 3.57. The summed E-state index contributed by atoms with van der Waals surface area (Å²) in [5.74, 6) is 0. The van der Waals surface area contributed by atoms with Crippen molar-refractivity contribution in [3.63, 3.8) is 0 Å². The molecule has 2 heteroatoms. The summed E-state index contributed by atoms with van der Waals surface area (Å²) in [7, 11) is 0. The minimum atomic E-state index is -0.407. The summed E-state index contributed by atoms with van der Waals surface area (Å²) in [6.45, 7) is 0. The van der Waals surface area contributed by atoms with Gasteiger partial charge in [-0.15, -0.1) is 0 Å². The van der Waals surface area contributed by atoms with Gasteiger partial charge in [0.2, 0.25) is 0 Å². The molecule has 0 unspecified atom stereocenters. The summed E-state index contributed by atoms with van der Waals surface area (Å²) in [5, 5.41) is 10.6. The Kier molecular flexibility index (Phi) is 5.15. The molecule has 0 saturated heterocycles. The van der Waals surface area contributed by atoms with Gasteiger partial charge in [0.15, 0.2) is 0 Å². The molecule has 47 heavy (non-hydrogen) atoms. The first-order chi connectivity index (χ1) is 23.1. The first kappa shape index (κ1) is 26.3. The monoisotopic (exact) mass is 722 g/mol. The molecule has 9 aromatic carbocycles. The second kappa shape index (κ2) is 9.19. The van der Waals surface area contributed by atoms with Crippen molar-refractivity contribution in [2.24, 2.45) is 0 Å². The lowest BCUT2D eigenvalue weighted by Gasteiger charge is -2.31. The molecular formula is C45H24Br2. The van der Waals surface area contributed by atoms with Gasteiger partial charge in [-0.25, -0.2) is 0 Å². The highest BCUT2D eigenvalue weighted by atomic mass is 79.9. The van der Waals surface area contributed by atoms with E-state index in [1.807, 2.05) is 0 Å². The molecule has 0 heterocycles. The number of hydrogen-bond acceptors (Lipinski definition) is 0. The maximum Gasteiger partial charge on any atom is 0.0726 e. The van der Waals surface area contributed by atoms with E-state index in [0.717, 1.165) is 8.95 Å². The Hall–Kier alpha value is -4.76. The molecule has 11 rings (SSSR count). The third-order valence-electron chi connectivity index (χ3n) is 10.9. The molecule has 2 aliphatic carbocycles. The molecule has 0 atom stereocenters. The van der Waals surface area contributed by atoms with E-state index in [0.29, 0.717) is 0 Å². The van der Waals surface area contributed by atoms with E-state index in [1.54, 1.807) is 0 Å². The van der Waals surface area contributed by atoms with Gasteiger partial charge >= 0.3 is 0 Å². The summed E-state index contributed by atoms with van der Waals surface area (Å²) in [4.78, 5) is 0. The van der Waals surface area contributed by atoms with Crippen LogP contribution in [0.1, 0.15) is 22.3 Å². The summed E-state index contributed by atoms with van der Waals surface area (Å²) in [6.07, 6.45) is 0. The predicted octanol–water partition coefficient (Wildman–Crippen LogP) is 13.3. The Bertz CT molecular complexity index is 2760. The van der Waals surface area contributed by atoms with Crippen molar-refractivity contribution >= 4 is 74.9 Å². The summed E-state index contributed by atoms with van der Waals surface area (Å²) in [5.41, 5.74) is 12.9. The highest BCUT2D eigenvalue weighted by Crippen LogP contribution is 2.65. The zero-order chi connectivity index (χ0) is 31.0. The molecule has 0 radical (unpaired) electrons. The van der Waals surface area contributed by atoms with Crippen LogP contribution in [0.3, 0.4) is 0 Å². The van der Waals surface area contributed by atoms with E-state index < -0.39 is 5.41 Å². The maximum absolute atomic E-state index is 3.89. The fourth-order valence-corrected chi connectivity index (χ4v) is 9.87. The van der Waals surface area contributed by atoms with E-state index >= 15 is 0 Å². The zero-order valence-electron chi connectivity index (χ0n) is 25.1. The quantitative estimate of drug-likeness (QED) is 0.117. The molecule has 0 nitrogen and oxygen atoms in total. The van der Waals surface area contributed by atoms with Crippen molar-refractivity contribution in [1.29, 1.82) is 0 Å². The number of fused-ring (bicyclic) bond motifs is 13. The third kappa shape index (κ3) is 3.18. The van der Waals surface area contributed by atoms with Crippen LogP contribution in [0.15, 0.2) is 155 Å². The minimum absolute atomic E-state index is 0.407. The van der Waals surface area contributed by atoms with E-state index in [-0.39, 0.29) is 0 Å². The molecule has 1 spiro atoms. The molecule has 0 fully saturated rings. The number of rotatable bonds is 1. The average molecular weight is 724 g/mol. The smallest absolute Gasteiger partial charge is 0.0619 e. The van der Waals surface area contributed by atoms with Crippen LogP contribution in [0.4, 0.5) is 0 Å². The second-order valence-electron chi connectivity index (χ2n) is 13.0. The number of benzene rings is 9. The predicted molar refractivity (Wildman–Crippen MR) is 205 cm³/mol. The molecule has 0 bridgehead atoms. The Morgan fingerprint density at radius 1 is 0.340 bits per heavy atom. The first-order valence-electron chi connectivity index (χ1n) is 16.1. The Morgan fingerprint density at radius 3 is 1.64 bits per heavy atom. The van der Waals surface area contributed by atoms with Crippen molar-refractivity contribution in [1.82, 2.24) is 0 Å². The third-order valence-corrected chi connectivity index (χ3v) is 12.0. The fraction of sp³-hybridized carbons (Fsp3) is 0.0222. The van der Waals surface area contributed by atoms with E-state index in [9.17, 15) is 0 Å². The van der Waals surface area contributed by atoms with E-state index in [4.69, 9.17) is 0 Å². The molecule has 218 valence electrons. The Morgan fingerprint density at radius 2 is 0.915 bits per heavy atom. The lowest BCUT2D eigenvalue weighted by Crippen LogP contribution is -2.25. The maximum atomic E-state index is 3.89. The highest BCUT2D eigenvalue weighted by molar-refractivity contribution is 9.10. The summed E-state index contributed by atoms with van der Waals surface area (Å²) >= 11 is 7.51. The van der Waals surface area contributed by atoms with Crippen LogP contribution in [-0.4, -0.2) is 0 Å². The normalized spacial score (nSPS) is 13.9. The van der Waals surface area contributed by atoms with Crippen LogP contribution < -0.4 is 0 Å². The van der Waals surface area contributed by atoms with Gasteiger partial charge in [0.1, 0.15) is 0 Å². The van der Waals surface area contributed by atoms with E-state index in [2.05, 4.69) is 177 Å². The lowest BCUT2D eigenvalue weighted by atomic mass is 9.70. The van der Waals surface area contributed by atoms with Gasteiger partial charge in [0, 0.05) is 8.95 Å². The molecule has 9 aromatic rings. The van der Waals surface area contributed by atoms with Gasteiger partial charge in [-0.1, -0.05) is 147 Å². The first-order valence-corrected chi connectivity index (χ1v) is 17.7. The second-order valence-corrected chi connectivity index (χ2v) is 14.8. The van der Waals surface area contributed by atoms with Gasteiger partial charge in [-0.2, -0.15) is 0 Å². The fourth-order valence-electron chi connectivity index (χ4n) is 9.25. The van der Waals surface area contributed by atoms with Crippen molar-refractivity contribution in [2.75, 3.05) is 0 Å². The highest BCUT2D eigenvalue weighted by Gasteiger charge is 2.52. The summed E-state index contributed by atoms with van der Waals surface area (Å²) < 4.78 is 2.20. The minimum Gasteiger partial charge on any atom is -0.0619 e. The largest absolute Gasteiger partial charge is 0.0726 e. The van der Waals surface area contributed by atoms with Crippen molar-refractivity contribution in [2.45, 2.75) is 5.41 Å². The van der Waals surface area contributed by atoms with Crippen LogP contribution >= 0.6 is 31.9 Å². The molecule has 0 aromatic heterocycles. The molecule has 2 aliphatic rings. The lowest BCUT2D eigenvalue weighted by molar-refractivity contribution is 0.795. The van der Waals surface area contributed by atoms with E-state index in [1.165, 1.54) is 98.7 Å². The molecule has 0 amide bonds. The SMILES string of the molecule is Brc1ccc(-c2ccc3c4cc5c(c6cccc(c7cccc2c73)c64)-c2ccc(Br)cc2C52c3ccccc3-c3ccccc32)cc1. The number of halogens is 2. The number of hydrogen-bond donors (Lipinski definition) is 0. The molecule has 0 N–H and O–H groups in total. The summed E-state index contributed by atoms with van der Waals surface area (Å²) in [6, 6.07) is 54.9. The van der Waals surface area contributed by atoms with Crippen LogP contribution in [0, 0.1) is 0 Å². The van der Waals surface area contributed by atoms with Gasteiger partial charge in [-0.3, -0.25) is 0 Å². The molecule has 0 aliphatic heterocycles. The Labute approximate surface area is 288 Å². The van der Waals surface area contributed by atoms with Crippen LogP contribution in [-0.2, 0) is 5.41 Å². The van der Waals surface area contributed by atoms with Gasteiger partial charge in [-0.05, 0) is 129 Å². The van der Waals surface area contributed by atoms with Gasteiger partial charge < -0.3 is 0 Å².